The van der Waals surface area contributed by atoms with Gasteiger partial charge >= 0.3 is 0 Å². The van der Waals surface area contributed by atoms with Crippen LogP contribution in [0.3, 0.4) is 0 Å². The van der Waals surface area contributed by atoms with Gasteiger partial charge in [-0.3, -0.25) is 4.79 Å². The van der Waals surface area contributed by atoms with E-state index in [9.17, 15) is 4.79 Å². The van der Waals surface area contributed by atoms with Gasteiger partial charge in [0.15, 0.2) is 0 Å². The molecule has 0 aromatic carbocycles. The van der Waals surface area contributed by atoms with Gasteiger partial charge in [-0.25, -0.2) is 0 Å². The summed E-state index contributed by atoms with van der Waals surface area (Å²) < 4.78 is 0. The Morgan fingerprint density at radius 3 is 3.25 bits per heavy atom. The smallest absolute Gasteiger partial charge is 0.227 e. The Morgan fingerprint density at radius 1 is 1.69 bits per heavy atom. The van der Waals surface area contributed by atoms with Gasteiger partial charge in [0.1, 0.15) is 0 Å². The predicted molar refractivity (Wildman–Crippen MR) is 62.9 cm³/mol. The van der Waals surface area contributed by atoms with E-state index in [1.807, 2.05) is 21.7 Å². The van der Waals surface area contributed by atoms with Crippen LogP contribution in [0.25, 0.3) is 0 Å². The lowest BCUT2D eigenvalue weighted by Crippen LogP contribution is -2.40. The molecule has 1 unspecified atom stereocenters. The number of piperidine rings is 1. The summed E-state index contributed by atoms with van der Waals surface area (Å²) >= 11 is 1.61. The molecule has 4 heteroatoms. The molecule has 84 valence electrons. The molecular weight excluding hydrogens is 220 g/mol. The van der Waals surface area contributed by atoms with Crippen LogP contribution >= 0.6 is 11.3 Å². The third kappa shape index (κ3) is 2.61. The van der Waals surface area contributed by atoms with Gasteiger partial charge < -0.3 is 4.90 Å². The van der Waals surface area contributed by atoms with Gasteiger partial charge in [0.05, 0.1) is 18.4 Å². The van der Waals surface area contributed by atoms with Crippen molar-refractivity contribution >= 4 is 17.2 Å². The van der Waals surface area contributed by atoms with Gasteiger partial charge in [-0.05, 0) is 35.2 Å². The minimum atomic E-state index is 0.0279. The number of hydrogen-bond acceptors (Lipinski definition) is 3. The Bertz CT molecular complexity index is 394. The Morgan fingerprint density at radius 2 is 2.56 bits per heavy atom. The molecule has 2 rings (SSSR count). The molecule has 0 saturated carbocycles. The van der Waals surface area contributed by atoms with Crippen molar-refractivity contribution in [2.24, 2.45) is 5.92 Å². The van der Waals surface area contributed by atoms with Crippen molar-refractivity contribution in [2.75, 3.05) is 13.1 Å². The Labute approximate surface area is 99.3 Å². The maximum atomic E-state index is 11.9. The van der Waals surface area contributed by atoms with Gasteiger partial charge in [-0.15, -0.1) is 0 Å². The second-order valence-electron chi connectivity index (χ2n) is 4.12. The number of carbonyl (C=O) groups is 1. The zero-order chi connectivity index (χ0) is 11.4. The molecule has 0 aliphatic carbocycles. The molecule has 1 aliphatic heterocycles. The quantitative estimate of drug-likeness (QED) is 0.786. The summed E-state index contributed by atoms with van der Waals surface area (Å²) in [6.07, 6.45) is 2.36. The van der Waals surface area contributed by atoms with E-state index in [-0.39, 0.29) is 11.8 Å². The molecule has 1 aromatic heterocycles. The maximum absolute atomic E-state index is 11.9. The largest absolute Gasteiger partial charge is 0.341 e. The van der Waals surface area contributed by atoms with E-state index in [0.717, 1.165) is 24.9 Å². The zero-order valence-electron chi connectivity index (χ0n) is 9.06. The fourth-order valence-corrected chi connectivity index (χ4v) is 2.66. The molecule has 1 amide bonds. The number of thiophene rings is 1. The first-order valence-electron chi connectivity index (χ1n) is 5.48. The minimum Gasteiger partial charge on any atom is -0.341 e. The van der Waals surface area contributed by atoms with Crippen molar-refractivity contribution in [1.29, 1.82) is 5.26 Å². The fourth-order valence-electron chi connectivity index (χ4n) is 1.99. The van der Waals surface area contributed by atoms with Crippen molar-refractivity contribution in [2.45, 2.75) is 19.3 Å². The van der Waals surface area contributed by atoms with Gasteiger partial charge in [-0.2, -0.15) is 16.6 Å². The minimum absolute atomic E-state index is 0.0279. The topological polar surface area (TPSA) is 44.1 Å². The second kappa shape index (κ2) is 5.13. The first-order valence-corrected chi connectivity index (χ1v) is 6.42. The molecule has 1 aliphatic rings. The standard InChI is InChI=1S/C12H14N2OS/c13-7-11-2-1-4-14(8-11)12(15)6-10-3-5-16-9-10/h3,5,9,11H,1-2,4,6,8H2. The number of rotatable bonds is 2. The summed E-state index contributed by atoms with van der Waals surface area (Å²) in [7, 11) is 0. The molecule has 0 bridgehead atoms. The predicted octanol–water partition coefficient (Wildman–Crippen LogP) is 2.05. The Kier molecular flexibility index (Phi) is 3.58. The summed E-state index contributed by atoms with van der Waals surface area (Å²) in [5.74, 6) is 0.179. The molecule has 1 saturated heterocycles. The first-order chi connectivity index (χ1) is 7.79. The molecule has 16 heavy (non-hydrogen) atoms. The molecule has 1 aromatic rings. The lowest BCUT2D eigenvalue weighted by atomic mass is 9.99. The Hall–Kier alpha value is -1.34. The summed E-state index contributed by atoms with van der Waals surface area (Å²) in [6, 6.07) is 4.24. The maximum Gasteiger partial charge on any atom is 0.227 e. The number of likely N-dealkylation sites (tertiary alicyclic amines) is 1. The summed E-state index contributed by atoms with van der Waals surface area (Å²) in [5, 5.41) is 12.8. The molecule has 3 nitrogen and oxygen atoms in total. The average molecular weight is 234 g/mol. The van der Waals surface area contributed by atoms with Gasteiger partial charge in [0.25, 0.3) is 0 Å². The van der Waals surface area contributed by atoms with Crippen molar-refractivity contribution in [1.82, 2.24) is 4.90 Å². The summed E-state index contributed by atoms with van der Waals surface area (Å²) in [6.45, 7) is 1.42. The normalized spacial score (nSPS) is 20.4. The van der Waals surface area contributed by atoms with Crippen LogP contribution in [0.5, 0.6) is 0 Å². The second-order valence-corrected chi connectivity index (χ2v) is 4.90. The SMILES string of the molecule is N#CC1CCCN(C(=O)Cc2ccsc2)C1. The van der Waals surface area contributed by atoms with E-state index < -0.39 is 0 Å². The molecule has 1 atom stereocenters. The van der Waals surface area contributed by atoms with Crippen LogP contribution in [0.2, 0.25) is 0 Å². The van der Waals surface area contributed by atoms with Crippen LogP contribution in [0.15, 0.2) is 16.8 Å². The first kappa shape index (κ1) is 11.2. The van der Waals surface area contributed by atoms with Crippen molar-refractivity contribution in [3.05, 3.63) is 22.4 Å². The summed E-state index contributed by atoms with van der Waals surface area (Å²) in [5.41, 5.74) is 1.08. The van der Waals surface area contributed by atoms with Crippen LogP contribution in [0.4, 0.5) is 0 Å². The van der Waals surface area contributed by atoms with E-state index in [0.29, 0.717) is 13.0 Å². The average Bonchev–Trinajstić information content (AvgIpc) is 2.82. The number of nitriles is 1. The van der Waals surface area contributed by atoms with Crippen LogP contribution < -0.4 is 0 Å². The Balaban J connectivity index is 1.92. The van der Waals surface area contributed by atoms with E-state index in [1.54, 1.807) is 11.3 Å². The van der Waals surface area contributed by atoms with Crippen LogP contribution in [-0.4, -0.2) is 23.9 Å². The molecule has 1 fully saturated rings. The molecule has 0 radical (unpaired) electrons. The highest BCUT2D eigenvalue weighted by molar-refractivity contribution is 7.07. The van der Waals surface area contributed by atoms with E-state index in [1.165, 1.54) is 0 Å². The van der Waals surface area contributed by atoms with Crippen LogP contribution in [0.1, 0.15) is 18.4 Å². The van der Waals surface area contributed by atoms with Gasteiger partial charge in [0.2, 0.25) is 5.91 Å². The highest BCUT2D eigenvalue weighted by atomic mass is 32.1. The molecule has 0 N–H and O–H groups in total. The number of hydrogen-bond donors (Lipinski definition) is 0. The number of amides is 1. The number of carbonyl (C=O) groups excluding carboxylic acids is 1. The van der Waals surface area contributed by atoms with E-state index in [2.05, 4.69) is 6.07 Å². The van der Waals surface area contributed by atoms with Crippen molar-refractivity contribution in [3.8, 4) is 6.07 Å². The lowest BCUT2D eigenvalue weighted by molar-refractivity contribution is -0.131. The van der Waals surface area contributed by atoms with Gasteiger partial charge in [-0.1, -0.05) is 0 Å². The van der Waals surface area contributed by atoms with Crippen molar-refractivity contribution in [3.63, 3.8) is 0 Å². The van der Waals surface area contributed by atoms with Gasteiger partial charge in [0, 0.05) is 13.1 Å². The van der Waals surface area contributed by atoms with Crippen LogP contribution in [-0.2, 0) is 11.2 Å². The van der Waals surface area contributed by atoms with Crippen molar-refractivity contribution < 1.29 is 4.79 Å². The van der Waals surface area contributed by atoms with Crippen LogP contribution in [0, 0.1) is 17.2 Å². The van der Waals surface area contributed by atoms with E-state index >= 15 is 0 Å². The fraction of sp³-hybridized carbons (Fsp3) is 0.500. The lowest BCUT2D eigenvalue weighted by Gasteiger charge is -2.29. The third-order valence-electron chi connectivity index (χ3n) is 2.89. The third-order valence-corrected chi connectivity index (χ3v) is 3.62. The highest BCUT2D eigenvalue weighted by Gasteiger charge is 2.23. The number of nitrogens with zero attached hydrogens (tertiary/aromatic N) is 2. The molecular formula is C12H14N2OS. The zero-order valence-corrected chi connectivity index (χ0v) is 9.87. The highest BCUT2D eigenvalue weighted by Crippen LogP contribution is 2.17. The monoisotopic (exact) mass is 234 g/mol. The molecule has 0 spiro atoms. The van der Waals surface area contributed by atoms with E-state index in [4.69, 9.17) is 5.26 Å². The molecule has 2 heterocycles. The summed E-state index contributed by atoms with van der Waals surface area (Å²) in [4.78, 5) is 13.8.